The first-order valence-electron chi connectivity index (χ1n) is 7.50. The van der Waals surface area contributed by atoms with Crippen molar-refractivity contribution in [2.24, 2.45) is 5.92 Å². The molecule has 112 valence electrons. The van der Waals surface area contributed by atoms with Gasteiger partial charge in [-0.2, -0.15) is 0 Å². The van der Waals surface area contributed by atoms with Crippen molar-refractivity contribution in [3.8, 4) is 0 Å². The van der Waals surface area contributed by atoms with Crippen LogP contribution in [0.2, 0.25) is 0 Å². The van der Waals surface area contributed by atoms with E-state index in [0.29, 0.717) is 6.54 Å². The van der Waals surface area contributed by atoms with Gasteiger partial charge in [-0.1, -0.05) is 13.3 Å². The highest BCUT2D eigenvalue weighted by Gasteiger charge is 2.22. The van der Waals surface area contributed by atoms with E-state index >= 15 is 0 Å². The van der Waals surface area contributed by atoms with Crippen molar-refractivity contribution in [1.29, 1.82) is 0 Å². The second kappa shape index (κ2) is 6.83. The van der Waals surface area contributed by atoms with E-state index in [-0.39, 0.29) is 17.9 Å². The third-order valence-electron chi connectivity index (χ3n) is 3.84. The molecule has 1 aromatic rings. The summed E-state index contributed by atoms with van der Waals surface area (Å²) in [6.07, 6.45) is 4.57. The zero-order chi connectivity index (χ0) is 14.5. The van der Waals surface area contributed by atoms with Gasteiger partial charge in [0.05, 0.1) is 6.04 Å². The number of nitrogens with one attached hydrogen (secondary N) is 2. The van der Waals surface area contributed by atoms with Gasteiger partial charge >= 0.3 is 0 Å². The molecule has 2 N–H and O–H groups in total. The predicted octanol–water partition coefficient (Wildman–Crippen LogP) is 1.04. The Morgan fingerprint density at radius 3 is 2.85 bits per heavy atom. The molecule has 0 saturated carbocycles. The summed E-state index contributed by atoms with van der Waals surface area (Å²) >= 11 is 0. The van der Waals surface area contributed by atoms with Gasteiger partial charge in [-0.15, -0.1) is 10.2 Å². The fraction of sp³-hybridized carbons (Fsp3) is 0.786. The molecule has 1 aliphatic rings. The molecular weight excluding hydrogens is 254 g/mol. The SMILES string of the molecule is CNCC(C)C(=O)NC(C)c1nnc2n1CCCCC2. The summed E-state index contributed by atoms with van der Waals surface area (Å²) in [6.45, 7) is 5.54. The topological polar surface area (TPSA) is 71.8 Å². The monoisotopic (exact) mass is 279 g/mol. The third kappa shape index (κ3) is 3.36. The van der Waals surface area contributed by atoms with Gasteiger partial charge in [0.25, 0.3) is 0 Å². The maximum Gasteiger partial charge on any atom is 0.224 e. The van der Waals surface area contributed by atoms with Crippen LogP contribution in [0.1, 0.15) is 50.8 Å². The van der Waals surface area contributed by atoms with Gasteiger partial charge in [-0.25, -0.2) is 0 Å². The lowest BCUT2D eigenvalue weighted by Gasteiger charge is -2.18. The summed E-state index contributed by atoms with van der Waals surface area (Å²) in [6, 6.07) is -0.0962. The molecule has 20 heavy (non-hydrogen) atoms. The molecule has 2 heterocycles. The Labute approximate surface area is 120 Å². The molecule has 2 unspecified atom stereocenters. The van der Waals surface area contributed by atoms with Crippen LogP contribution >= 0.6 is 0 Å². The standard InChI is InChI=1S/C14H25N5O/c1-10(9-15-3)14(20)16-11(2)13-18-17-12-7-5-4-6-8-19(12)13/h10-11,15H,4-9H2,1-3H3,(H,16,20). The van der Waals surface area contributed by atoms with E-state index in [0.717, 1.165) is 31.0 Å². The maximum atomic E-state index is 12.1. The van der Waals surface area contributed by atoms with Crippen LogP contribution in [0.3, 0.4) is 0 Å². The van der Waals surface area contributed by atoms with Gasteiger partial charge in [0, 0.05) is 25.4 Å². The Morgan fingerprint density at radius 1 is 1.30 bits per heavy atom. The van der Waals surface area contributed by atoms with Crippen LogP contribution in [0, 0.1) is 5.92 Å². The number of rotatable bonds is 5. The molecular formula is C14H25N5O. The van der Waals surface area contributed by atoms with Gasteiger partial charge < -0.3 is 15.2 Å². The summed E-state index contributed by atoms with van der Waals surface area (Å²) in [5.41, 5.74) is 0. The van der Waals surface area contributed by atoms with Gasteiger partial charge in [0.1, 0.15) is 5.82 Å². The van der Waals surface area contributed by atoms with Crippen molar-refractivity contribution in [1.82, 2.24) is 25.4 Å². The number of hydrogen-bond acceptors (Lipinski definition) is 4. The van der Waals surface area contributed by atoms with E-state index in [4.69, 9.17) is 0 Å². The predicted molar refractivity (Wildman–Crippen MR) is 77.2 cm³/mol. The highest BCUT2D eigenvalue weighted by atomic mass is 16.1. The fourth-order valence-corrected chi connectivity index (χ4v) is 2.65. The molecule has 1 aliphatic heterocycles. The quantitative estimate of drug-likeness (QED) is 0.844. The number of carbonyl (C=O) groups is 1. The van der Waals surface area contributed by atoms with Crippen molar-refractivity contribution >= 4 is 5.91 Å². The summed E-state index contributed by atoms with van der Waals surface area (Å²) < 4.78 is 2.18. The number of nitrogens with zero attached hydrogens (tertiary/aromatic N) is 3. The van der Waals surface area contributed by atoms with Crippen LogP contribution < -0.4 is 10.6 Å². The summed E-state index contributed by atoms with van der Waals surface area (Å²) in [7, 11) is 1.85. The highest BCUT2D eigenvalue weighted by molar-refractivity contribution is 5.78. The Bertz CT molecular complexity index is 456. The second-order valence-electron chi connectivity index (χ2n) is 5.63. The zero-order valence-electron chi connectivity index (χ0n) is 12.6. The molecule has 2 rings (SSSR count). The Balaban J connectivity index is 2.04. The summed E-state index contributed by atoms with van der Waals surface area (Å²) in [5.74, 6) is 1.94. The van der Waals surface area contributed by atoms with Gasteiger partial charge in [0.15, 0.2) is 5.82 Å². The van der Waals surface area contributed by atoms with Crippen molar-refractivity contribution in [3.63, 3.8) is 0 Å². The van der Waals surface area contributed by atoms with Crippen LogP contribution in [0.25, 0.3) is 0 Å². The minimum atomic E-state index is -0.0962. The van der Waals surface area contributed by atoms with Crippen LogP contribution in [-0.4, -0.2) is 34.3 Å². The zero-order valence-corrected chi connectivity index (χ0v) is 12.6. The van der Waals surface area contributed by atoms with Gasteiger partial charge in [0.2, 0.25) is 5.91 Å². The molecule has 0 aliphatic carbocycles. The molecule has 0 saturated heterocycles. The van der Waals surface area contributed by atoms with Crippen LogP contribution in [0.5, 0.6) is 0 Å². The second-order valence-corrected chi connectivity index (χ2v) is 5.63. The molecule has 0 aromatic carbocycles. The lowest BCUT2D eigenvalue weighted by atomic mass is 10.1. The number of aryl methyl sites for hydroxylation is 1. The summed E-state index contributed by atoms with van der Waals surface area (Å²) in [4.78, 5) is 12.1. The first-order valence-corrected chi connectivity index (χ1v) is 7.50. The minimum Gasteiger partial charge on any atom is -0.346 e. The van der Waals surface area contributed by atoms with E-state index in [1.54, 1.807) is 0 Å². The van der Waals surface area contributed by atoms with Crippen LogP contribution in [0.4, 0.5) is 0 Å². The molecule has 0 spiro atoms. The molecule has 2 atom stereocenters. The van der Waals surface area contributed by atoms with Gasteiger partial charge in [-0.05, 0) is 26.8 Å². The van der Waals surface area contributed by atoms with Crippen molar-refractivity contribution in [2.45, 2.75) is 52.1 Å². The van der Waals surface area contributed by atoms with Crippen LogP contribution in [-0.2, 0) is 17.8 Å². The van der Waals surface area contributed by atoms with E-state index in [9.17, 15) is 4.79 Å². The van der Waals surface area contributed by atoms with Gasteiger partial charge in [-0.3, -0.25) is 4.79 Å². The normalized spacial score (nSPS) is 17.9. The number of fused-ring (bicyclic) bond motifs is 1. The minimum absolute atomic E-state index is 0.0472. The molecule has 1 amide bonds. The van der Waals surface area contributed by atoms with E-state index in [1.165, 1.54) is 12.8 Å². The smallest absolute Gasteiger partial charge is 0.224 e. The molecule has 0 bridgehead atoms. The van der Waals surface area contributed by atoms with E-state index < -0.39 is 0 Å². The Morgan fingerprint density at radius 2 is 2.10 bits per heavy atom. The first kappa shape index (κ1) is 15.0. The number of aromatic nitrogens is 3. The number of carbonyl (C=O) groups excluding carboxylic acids is 1. The molecule has 6 nitrogen and oxygen atoms in total. The lowest BCUT2D eigenvalue weighted by Crippen LogP contribution is -2.36. The largest absolute Gasteiger partial charge is 0.346 e. The highest BCUT2D eigenvalue weighted by Crippen LogP contribution is 2.18. The summed E-state index contributed by atoms with van der Waals surface area (Å²) in [5, 5.41) is 14.6. The number of amides is 1. The maximum absolute atomic E-state index is 12.1. The van der Waals surface area contributed by atoms with Crippen molar-refractivity contribution in [3.05, 3.63) is 11.6 Å². The number of hydrogen-bond donors (Lipinski definition) is 2. The Kier molecular flexibility index (Phi) is 5.11. The molecule has 0 fully saturated rings. The molecule has 6 heteroatoms. The first-order chi connectivity index (χ1) is 9.63. The van der Waals surface area contributed by atoms with E-state index in [1.807, 2.05) is 20.9 Å². The third-order valence-corrected chi connectivity index (χ3v) is 3.84. The van der Waals surface area contributed by atoms with Crippen molar-refractivity contribution in [2.75, 3.05) is 13.6 Å². The van der Waals surface area contributed by atoms with E-state index in [2.05, 4.69) is 25.4 Å². The van der Waals surface area contributed by atoms with Crippen molar-refractivity contribution < 1.29 is 4.79 Å². The average molecular weight is 279 g/mol. The fourth-order valence-electron chi connectivity index (χ4n) is 2.65. The van der Waals surface area contributed by atoms with Crippen LogP contribution in [0.15, 0.2) is 0 Å². The Hall–Kier alpha value is -1.43. The molecule has 0 radical (unpaired) electrons. The lowest BCUT2D eigenvalue weighted by molar-refractivity contribution is -0.125. The molecule has 1 aromatic heterocycles. The average Bonchev–Trinajstić information content (AvgIpc) is 2.68.